The van der Waals surface area contributed by atoms with Crippen molar-refractivity contribution >= 4 is 28.2 Å². The fraction of sp³-hybridized carbons (Fsp3) is 0.455. The first-order valence-corrected chi connectivity index (χ1v) is 7.07. The Bertz CT molecular complexity index is 650. The van der Waals surface area contributed by atoms with Crippen LogP contribution in [-0.4, -0.2) is 26.0 Å². The molecule has 2 amide bonds. The number of nitrogens with one attached hydrogen (secondary N) is 2. The minimum Gasteiger partial charge on any atom is -0.305 e. The van der Waals surface area contributed by atoms with Crippen LogP contribution in [0.3, 0.4) is 0 Å². The second-order valence-electron chi connectivity index (χ2n) is 4.83. The average Bonchev–Trinajstić information content (AvgIpc) is 2.97. The molecule has 0 unspecified atom stereocenters. The quantitative estimate of drug-likeness (QED) is 0.900. The molecule has 120 valence electrons. The Morgan fingerprint density at radius 3 is 2.68 bits per heavy atom. The second-order valence-corrected chi connectivity index (χ2v) is 5.81. The predicted molar refractivity (Wildman–Crippen MR) is 74.6 cm³/mol. The monoisotopic (exact) mass is 334 g/mol. The van der Waals surface area contributed by atoms with E-state index in [1.807, 2.05) is 13.8 Å². The van der Waals surface area contributed by atoms with Crippen molar-refractivity contribution in [2.24, 2.45) is 5.92 Å². The minimum atomic E-state index is -4.58. The largest absolute Gasteiger partial charge is 0.445 e. The van der Waals surface area contributed by atoms with Crippen molar-refractivity contribution in [2.75, 3.05) is 10.6 Å². The van der Waals surface area contributed by atoms with Crippen LogP contribution in [0, 0.1) is 5.92 Å². The number of rotatable bonds is 4. The molecule has 2 aromatic rings. The molecule has 22 heavy (non-hydrogen) atoms. The van der Waals surface area contributed by atoms with Gasteiger partial charge >= 0.3 is 12.2 Å². The van der Waals surface area contributed by atoms with E-state index < -0.39 is 17.2 Å². The Balaban J connectivity index is 1.93. The second kappa shape index (κ2) is 6.30. The molecule has 0 saturated carbocycles. The highest BCUT2D eigenvalue weighted by Crippen LogP contribution is 2.32. The van der Waals surface area contributed by atoms with Crippen molar-refractivity contribution in [3.63, 3.8) is 0 Å². The molecule has 0 aliphatic heterocycles. The van der Waals surface area contributed by atoms with Crippen molar-refractivity contribution in [3.8, 4) is 0 Å². The number of anilines is 2. The topological polar surface area (TPSA) is 84.7 Å². The third kappa shape index (κ3) is 4.41. The molecule has 0 aromatic carbocycles. The molecule has 7 nitrogen and oxygen atoms in total. The molecule has 2 heterocycles. The number of carbonyl (C=O) groups is 1. The minimum absolute atomic E-state index is 0.237. The van der Waals surface area contributed by atoms with Crippen molar-refractivity contribution < 1.29 is 18.0 Å². The van der Waals surface area contributed by atoms with Gasteiger partial charge in [-0.2, -0.15) is 18.3 Å². The molecule has 0 radical (unpaired) electrons. The van der Waals surface area contributed by atoms with Crippen molar-refractivity contribution in [1.82, 2.24) is 20.0 Å². The highest BCUT2D eigenvalue weighted by molar-refractivity contribution is 7.15. The first-order valence-electron chi connectivity index (χ1n) is 6.25. The fourth-order valence-corrected chi connectivity index (χ4v) is 2.16. The van der Waals surface area contributed by atoms with Crippen LogP contribution < -0.4 is 10.6 Å². The average molecular weight is 334 g/mol. The smallest absolute Gasteiger partial charge is 0.305 e. The van der Waals surface area contributed by atoms with Crippen LogP contribution in [0.15, 0.2) is 12.4 Å². The van der Waals surface area contributed by atoms with E-state index in [0.29, 0.717) is 18.2 Å². The zero-order chi connectivity index (χ0) is 16.3. The van der Waals surface area contributed by atoms with Crippen LogP contribution in [0.4, 0.5) is 28.8 Å². The van der Waals surface area contributed by atoms with Crippen molar-refractivity contribution in [3.05, 3.63) is 17.4 Å². The van der Waals surface area contributed by atoms with Gasteiger partial charge in [0.05, 0.1) is 11.9 Å². The lowest BCUT2D eigenvalue weighted by molar-refractivity contribution is -0.138. The molecule has 0 atom stereocenters. The summed E-state index contributed by atoms with van der Waals surface area (Å²) < 4.78 is 38.7. The Hall–Kier alpha value is -2.17. The van der Waals surface area contributed by atoms with Gasteiger partial charge in [0.15, 0.2) is 0 Å². The first kappa shape index (κ1) is 16.2. The highest BCUT2D eigenvalue weighted by Gasteiger charge is 2.35. The van der Waals surface area contributed by atoms with Gasteiger partial charge in [-0.25, -0.2) is 4.79 Å². The van der Waals surface area contributed by atoms with E-state index in [-0.39, 0.29) is 16.5 Å². The molecular formula is C11H13F3N6OS. The van der Waals surface area contributed by atoms with Gasteiger partial charge < -0.3 is 5.32 Å². The van der Waals surface area contributed by atoms with Crippen LogP contribution in [-0.2, 0) is 12.7 Å². The van der Waals surface area contributed by atoms with Gasteiger partial charge in [-0.3, -0.25) is 10.00 Å². The van der Waals surface area contributed by atoms with E-state index in [2.05, 4.69) is 25.9 Å². The van der Waals surface area contributed by atoms with Gasteiger partial charge in [0.1, 0.15) is 0 Å². The van der Waals surface area contributed by atoms with Crippen LogP contribution in [0.1, 0.15) is 18.9 Å². The summed E-state index contributed by atoms with van der Waals surface area (Å²) in [6, 6.07) is -0.714. The Morgan fingerprint density at radius 1 is 1.36 bits per heavy atom. The number of hydrogen-bond acceptors (Lipinski definition) is 5. The predicted octanol–water partition coefficient (Wildman–Crippen LogP) is 3.05. The third-order valence-corrected chi connectivity index (χ3v) is 3.21. The summed E-state index contributed by atoms with van der Waals surface area (Å²) in [4.78, 5) is 11.7. The maximum atomic E-state index is 12.4. The van der Waals surface area contributed by atoms with Crippen LogP contribution in [0.5, 0.6) is 0 Å². The molecule has 0 spiro atoms. The van der Waals surface area contributed by atoms with E-state index in [1.54, 1.807) is 10.9 Å². The van der Waals surface area contributed by atoms with Gasteiger partial charge in [0, 0.05) is 12.7 Å². The number of halogens is 3. The molecule has 0 aliphatic rings. The standard InChI is InChI=1S/C11H13F3N6OS/c1-6(2)4-20-5-7(3-15-20)16-9(21)17-10-19-18-8(22-10)11(12,13)14/h3,5-6H,4H2,1-2H3,(H2,16,17,19,21). The zero-order valence-electron chi connectivity index (χ0n) is 11.7. The van der Waals surface area contributed by atoms with E-state index in [1.165, 1.54) is 6.20 Å². The summed E-state index contributed by atoms with van der Waals surface area (Å²) in [6.07, 6.45) is -1.50. The van der Waals surface area contributed by atoms with Crippen molar-refractivity contribution in [1.29, 1.82) is 0 Å². The molecule has 11 heteroatoms. The molecule has 0 saturated heterocycles. The third-order valence-electron chi connectivity index (χ3n) is 2.33. The highest BCUT2D eigenvalue weighted by atomic mass is 32.1. The van der Waals surface area contributed by atoms with E-state index >= 15 is 0 Å². The number of carbonyl (C=O) groups excluding carboxylic acids is 1. The van der Waals surface area contributed by atoms with Crippen LogP contribution >= 0.6 is 11.3 Å². The first-order chi connectivity index (χ1) is 10.2. The van der Waals surface area contributed by atoms with Gasteiger partial charge in [-0.05, 0) is 5.92 Å². The summed E-state index contributed by atoms with van der Waals surface area (Å²) in [6.45, 7) is 4.74. The Morgan fingerprint density at radius 2 is 2.09 bits per heavy atom. The van der Waals surface area contributed by atoms with E-state index in [0.717, 1.165) is 0 Å². The van der Waals surface area contributed by atoms with Gasteiger partial charge in [-0.15, -0.1) is 10.2 Å². The zero-order valence-corrected chi connectivity index (χ0v) is 12.5. The maximum absolute atomic E-state index is 12.4. The van der Waals surface area contributed by atoms with E-state index in [4.69, 9.17) is 0 Å². The van der Waals surface area contributed by atoms with Crippen LogP contribution in [0.25, 0.3) is 0 Å². The van der Waals surface area contributed by atoms with Gasteiger partial charge in [0.25, 0.3) is 0 Å². The lowest BCUT2D eigenvalue weighted by atomic mass is 10.2. The molecule has 0 fully saturated rings. The number of nitrogens with zero attached hydrogens (tertiary/aromatic N) is 4. The number of aromatic nitrogens is 4. The Kier molecular flexibility index (Phi) is 4.64. The number of urea groups is 1. The molecule has 0 aliphatic carbocycles. The number of alkyl halides is 3. The number of amides is 2. The Labute approximate surface area is 127 Å². The van der Waals surface area contributed by atoms with Gasteiger partial charge in [-0.1, -0.05) is 25.2 Å². The normalized spacial score (nSPS) is 11.7. The van der Waals surface area contributed by atoms with Crippen LogP contribution in [0.2, 0.25) is 0 Å². The summed E-state index contributed by atoms with van der Waals surface area (Å²) >= 11 is 0.252. The molecule has 2 aromatic heterocycles. The lowest BCUT2D eigenvalue weighted by Crippen LogP contribution is -2.19. The molecule has 0 bridgehead atoms. The summed E-state index contributed by atoms with van der Waals surface area (Å²) in [7, 11) is 0. The van der Waals surface area contributed by atoms with Gasteiger partial charge in [0.2, 0.25) is 10.1 Å². The lowest BCUT2D eigenvalue weighted by Gasteiger charge is -2.04. The molecule has 2 N–H and O–H groups in total. The molecular weight excluding hydrogens is 321 g/mol. The summed E-state index contributed by atoms with van der Waals surface area (Å²) in [5, 5.41) is 13.6. The number of hydrogen-bond donors (Lipinski definition) is 2. The summed E-state index contributed by atoms with van der Waals surface area (Å²) in [5.74, 6) is 0.392. The molecule has 2 rings (SSSR count). The fourth-order valence-electron chi connectivity index (χ4n) is 1.55. The van der Waals surface area contributed by atoms with Crippen molar-refractivity contribution in [2.45, 2.75) is 26.6 Å². The van der Waals surface area contributed by atoms with E-state index in [9.17, 15) is 18.0 Å². The summed E-state index contributed by atoms with van der Waals surface area (Å²) in [5.41, 5.74) is 0.429. The maximum Gasteiger partial charge on any atom is 0.445 e. The SMILES string of the molecule is CC(C)Cn1cc(NC(=O)Nc2nnc(C(F)(F)F)s2)cn1.